The van der Waals surface area contributed by atoms with Crippen LogP contribution in [-0.2, 0) is 4.79 Å². The number of benzene rings is 1. The zero-order valence-corrected chi connectivity index (χ0v) is 9.87. The highest BCUT2D eigenvalue weighted by atomic mass is 16.1. The van der Waals surface area contributed by atoms with E-state index in [4.69, 9.17) is 0 Å². The van der Waals surface area contributed by atoms with Gasteiger partial charge in [-0.2, -0.15) is 0 Å². The standard InChI is InChI=1S/C14H18O/c1-11-5-7-12(8-6-11)9-13(10-15)14(2,3)4/h5-10H,1-4H3/b13-9+. The number of hydrogen-bond acceptors (Lipinski definition) is 1. The van der Waals surface area contributed by atoms with Crippen molar-refractivity contribution in [3.63, 3.8) is 0 Å². The van der Waals surface area contributed by atoms with E-state index in [0.29, 0.717) is 0 Å². The summed E-state index contributed by atoms with van der Waals surface area (Å²) in [5.74, 6) is 0. The summed E-state index contributed by atoms with van der Waals surface area (Å²) >= 11 is 0. The average Bonchev–Trinajstić information content (AvgIpc) is 2.15. The lowest BCUT2D eigenvalue weighted by atomic mass is 9.86. The van der Waals surface area contributed by atoms with E-state index >= 15 is 0 Å². The zero-order chi connectivity index (χ0) is 11.5. The Bertz CT molecular complexity index is 363. The molecule has 0 N–H and O–H groups in total. The van der Waals surface area contributed by atoms with Crippen LogP contribution in [0.4, 0.5) is 0 Å². The van der Waals surface area contributed by atoms with Crippen LogP contribution in [0, 0.1) is 12.3 Å². The van der Waals surface area contributed by atoms with Gasteiger partial charge in [0.05, 0.1) is 0 Å². The van der Waals surface area contributed by atoms with Crippen molar-refractivity contribution in [2.24, 2.45) is 5.41 Å². The minimum atomic E-state index is -0.0906. The van der Waals surface area contributed by atoms with E-state index in [2.05, 4.69) is 19.1 Å². The molecule has 1 aromatic rings. The zero-order valence-electron chi connectivity index (χ0n) is 9.87. The quantitative estimate of drug-likeness (QED) is 0.528. The van der Waals surface area contributed by atoms with E-state index in [0.717, 1.165) is 17.4 Å². The SMILES string of the molecule is Cc1ccc(/C=C(\C=O)C(C)(C)C)cc1. The largest absolute Gasteiger partial charge is 0.298 e. The third-order valence-corrected chi connectivity index (χ3v) is 2.39. The molecule has 0 aliphatic heterocycles. The van der Waals surface area contributed by atoms with Gasteiger partial charge in [0.1, 0.15) is 6.29 Å². The molecular formula is C14H18O. The first kappa shape index (κ1) is 11.7. The van der Waals surface area contributed by atoms with Crippen molar-refractivity contribution >= 4 is 12.4 Å². The summed E-state index contributed by atoms with van der Waals surface area (Å²) in [6, 6.07) is 8.17. The predicted octanol–water partition coefficient (Wildman–Crippen LogP) is 3.62. The molecule has 1 nitrogen and oxygen atoms in total. The van der Waals surface area contributed by atoms with Crippen LogP contribution in [0.5, 0.6) is 0 Å². The summed E-state index contributed by atoms with van der Waals surface area (Å²) in [6.07, 6.45) is 2.90. The van der Waals surface area contributed by atoms with Gasteiger partial charge in [-0.3, -0.25) is 4.79 Å². The molecule has 0 radical (unpaired) electrons. The lowest BCUT2D eigenvalue weighted by Crippen LogP contribution is -2.10. The number of allylic oxidation sites excluding steroid dienone is 1. The summed E-state index contributed by atoms with van der Waals surface area (Å²) in [5, 5.41) is 0. The molecule has 0 heterocycles. The van der Waals surface area contributed by atoms with Gasteiger partial charge in [0.2, 0.25) is 0 Å². The van der Waals surface area contributed by atoms with Crippen LogP contribution in [0.3, 0.4) is 0 Å². The van der Waals surface area contributed by atoms with Crippen molar-refractivity contribution < 1.29 is 4.79 Å². The molecule has 80 valence electrons. The van der Waals surface area contributed by atoms with E-state index in [9.17, 15) is 4.79 Å². The second kappa shape index (κ2) is 4.43. The van der Waals surface area contributed by atoms with Crippen molar-refractivity contribution in [3.8, 4) is 0 Å². The monoisotopic (exact) mass is 202 g/mol. The van der Waals surface area contributed by atoms with Gasteiger partial charge >= 0.3 is 0 Å². The minimum Gasteiger partial charge on any atom is -0.298 e. The third kappa shape index (κ3) is 3.35. The fraction of sp³-hybridized carbons (Fsp3) is 0.357. The number of rotatable bonds is 2. The number of aryl methyl sites for hydroxylation is 1. The van der Waals surface area contributed by atoms with Crippen LogP contribution in [0.25, 0.3) is 6.08 Å². The molecule has 0 saturated heterocycles. The fourth-order valence-corrected chi connectivity index (χ4v) is 1.27. The topological polar surface area (TPSA) is 17.1 Å². The molecule has 15 heavy (non-hydrogen) atoms. The van der Waals surface area contributed by atoms with Crippen LogP contribution in [0.15, 0.2) is 29.8 Å². The van der Waals surface area contributed by atoms with Gasteiger partial charge in [-0.15, -0.1) is 0 Å². The Morgan fingerprint density at radius 2 is 1.67 bits per heavy atom. The second-order valence-electron chi connectivity index (χ2n) is 4.88. The van der Waals surface area contributed by atoms with Crippen LogP contribution in [-0.4, -0.2) is 6.29 Å². The smallest absolute Gasteiger partial charge is 0.146 e. The van der Waals surface area contributed by atoms with Gasteiger partial charge in [0.25, 0.3) is 0 Å². The van der Waals surface area contributed by atoms with Gasteiger partial charge in [0, 0.05) is 0 Å². The fourth-order valence-electron chi connectivity index (χ4n) is 1.27. The van der Waals surface area contributed by atoms with Gasteiger partial charge in [-0.25, -0.2) is 0 Å². The van der Waals surface area contributed by atoms with Gasteiger partial charge in [0.15, 0.2) is 0 Å². The van der Waals surface area contributed by atoms with Crippen molar-refractivity contribution in [1.29, 1.82) is 0 Å². The summed E-state index contributed by atoms with van der Waals surface area (Å²) in [6.45, 7) is 8.18. The molecule has 0 bridgehead atoms. The van der Waals surface area contributed by atoms with Crippen molar-refractivity contribution in [2.75, 3.05) is 0 Å². The van der Waals surface area contributed by atoms with E-state index < -0.39 is 0 Å². The number of carbonyl (C=O) groups excluding carboxylic acids is 1. The summed E-state index contributed by atoms with van der Waals surface area (Å²) in [5.41, 5.74) is 3.05. The molecule has 0 aliphatic carbocycles. The Morgan fingerprint density at radius 1 is 1.13 bits per heavy atom. The molecule has 0 saturated carbocycles. The van der Waals surface area contributed by atoms with Gasteiger partial charge in [-0.05, 0) is 29.6 Å². The molecule has 0 aliphatic rings. The molecule has 0 unspecified atom stereocenters. The van der Waals surface area contributed by atoms with E-state index in [1.807, 2.05) is 39.0 Å². The highest BCUT2D eigenvalue weighted by molar-refractivity contribution is 5.83. The molecule has 1 aromatic carbocycles. The molecular weight excluding hydrogens is 184 g/mol. The van der Waals surface area contributed by atoms with Crippen molar-refractivity contribution in [1.82, 2.24) is 0 Å². The molecule has 1 heteroatoms. The maximum Gasteiger partial charge on any atom is 0.146 e. The van der Waals surface area contributed by atoms with Gasteiger partial charge in [-0.1, -0.05) is 50.6 Å². The van der Waals surface area contributed by atoms with Crippen LogP contribution >= 0.6 is 0 Å². The third-order valence-electron chi connectivity index (χ3n) is 2.39. The van der Waals surface area contributed by atoms with E-state index in [1.165, 1.54) is 5.56 Å². The van der Waals surface area contributed by atoms with Crippen LogP contribution in [0.1, 0.15) is 31.9 Å². The van der Waals surface area contributed by atoms with Crippen LogP contribution in [0.2, 0.25) is 0 Å². The Kier molecular flexibility index (Phi) is 3.46. The van der Waals surface area contributed by atoms with E-state index in [-0.39, 0.29) is 5.41 Å². The first-order valence-electron chi connectivity index (χ1n) is 5.17. The number of hydrogen-bond donors (Lipinski definition) is 0. The van der Waals surface area contributed by atoms with Crippen molar-refractivity contribution in [3.05, 3.63) is 41.0 Å². The molecule has 0 atom stereocenters. The Labute approximate surface area is 91.8 Å². The maximum atomic E-state index is 11.0. The first-order valence-corrected chi connectivity index (χ1v) is 5.17. The molecule has 1 rings (SSSR count). The lowest BCUT2D eigenvalue weighted by molar-refractivity contribution is -0.105. The Morgan fingerprint density at radius 3 is 2.07 bits per heavy atom. The maximum absolute atomic E-state index is 11.0. The van der Waals surface area contributed by atoms with E-state index in [1.54, 1.807) is 0 Å². The Balaban J connectivity index is 3.04. The molecule has 0 amide bonds. The Hall–Kier alpha value is -1.37. The highest BCUT2D eigenvalue weighted by Crippen LogP contribution is 2.25. The normalized spacial score (nSPS) is 12.7. The molecule has 0 fully saturated rings. The predicted molar refractivity (Wildman–Crippen MR) is 64.7 cm³/mol. The summed E-state index contributed by atoms with van der Waals surface area (Å²) in [4.78, 5) is 11.0. The summed E-state index contributed by atoms with van der Waals surface area (Å²) in [7, 11) is 0. The van der Waals surface area contributed by atoms with Gasteiger partial charge < -0.3 is 0 Å². The minimum absolute atomic E-state index is 0.0906. The molecule has 0 spiro atoms. The first-order chi connectivity index (χ1) is 6.93. The average molecular weight is 202 g/mol. The number of aldehydes is 1. The lowest BCUT2D eigenvalue weighted by Gasteiger charge is -2.18. The summed E-state index contributed by atoms with van der Waals surface area (Å²) < 4.78 is 0. The highest BCUT2D eigenvalue weighted by Gasteiger charge is 2.15. The second-order valence-corrected chi connectivity index (χ2v) is 4.88. The number of carbonyl (C=O) groups is 1. The van der Waals surface area contributed by atoms with Crippen molar-refractivity contribution in [2.45, 2.75) is 27.7 Å². The van der Waals surface area contributed by atoms with Crippen LogP contribution < -0.4 is 0 Å². The molecule has 0 aromatic heterocycles.